The lowest BCUT2D eigenvalue weighted by Crippen LogP contribution is -2.54. The Balaban J connectivity index is 3.36. The lowest BCUT2D eigenvalue weighted by atomic mass is 10.00. The average molecular weight is 508 g/mol. The molecule has 1 aromatic rings. The van der Waals surface area contributed by atoms with Gasteiger partial charge in [0.15, 0.2) is 0 Å². The molecule has 2 atom stereocenters. The number of hydrogen-bond donors (Lipinski definition) is 3. The van der Waals surface area contributed by atoms with E-state index in [0.29, 0.717) is 6.54 Å². The molecule has 0 bridgehead atoms. The summed E-state index contributed by atoms with van der Waals surface area (Å²) in [6.45, 7) is 13.7. The van der Waals surface area contributed by atoms with E-state index in [0.717, 1.165) is 43.2 Å². The molecule has 3 amide bonds. The molecule has 2 unspecified atom stereocenters. The number of hydrogen-bond acceptors (Lipinski definition) is 5. The van der Waals surface area contributed by atoms with Crippen molar-refractivity contribution in [2.24, 2.45) is 0 Å². The van der Waals surface area contributed by atoms with Crippen molar-refractivity contribution in [2.45, 2.75) is 104 Å². The monoisotopic (exact) mass is 507 g/mol. The lowest BCUT2D eigenvalue weighted by molar-refractivity contribution is -0.142. The van der Waals surface area contributed by atoms with Crippen molar-refractivity contribution in [2.75, 3.05) is 12.3 Å². The van der Waals surface area contributed by atoms with Gasteiger partial charge in [0.25, 0.3) is 0 Å². The summed E-state index contributed by atoms with van der Waals surface area (Å²) in [5, 5.41) is 5.62. The van der Waals surface area contributed by atoms with Crippen molar-refractivity contribution >= 4 is 30.5 Å². The summed E-state index contributed by atoms with van der Waals surface area (Å²) in [5.41, 5.74) is 1.19. The van der Waals surface area contributed by atoms with Crippen molar-refractivity contribution in [3.05, 3.63) is 35.4 Å². The summed E-state index contributed by atoms with van der Waals surface area (Å²) < 4.78 is 5.35. The molecule has 0 aliphatic rings. The molecule has 8 heteroatoms. The minimum Gasteiger partial charge on any atom is -0.444 e. The second-order valence-electron chi connectivity index (χ2n) is 10.1. The number of alkyl carbamates (subject to hydrolysis) is 1. The van der Waals surface area contributed by atoms with E-state index in [1.165, 1.54) is 0 Å². The summed E-state index contributed by atoms with van der Waals surface area (Å²) in [7, 11) is 0. The minimum atomic E-state index is -0.927. The molecule has 0 spiro atoms. The Morgan fingerprint density at radius 3 is 2.11 bits per heavy atom. The fourth-order valence-corrected chi connectivity index (χ4v) is 3.93. The van der Waals surface area contributed by atoms with Gasteiger partial charge in [-0.3, -0.25) is 9.59 Å². The van der Waals surface area contributed by atoms with E-state index in [1.54, 1.807) is 25.7 Å². The van der Waals surface area contributed by atoms with E-state index >= 15 is 0 Å². The van der Waals surface area contributed by atoms with Crippen LogP contribution >= 0.6 is 12.6 Å². The fourth-order valence-electron chi connectivity index (χ4n) is 3.68. The maximum absolute atomic E-state index is 13.8. The Bertz CT molecular complexity index is 806. The largest absolute Gasteiger partial charge is 0.444 e. The van der Waals surface area contributed by atoms with E-state index < -0.39 is 23.8 Å². The predicted octanol–water partition coefficient (Wildman–Crippen LogP) is 5.05. The first-order valence-electron chi connectivity index (χ1n) is 12.7. The summed E-state index contributed by atoms with van der Waals surface area (Å²) in [5.74, 6) is -0.522. The van der Waals surface area contributed by atoms with Gasteiger partial charge in [0, 0.05) is 18.3 Å². The standard InChI is InChI=1S/C27H45N3O4S/c1-8-10-11-12-17-30(25(32)22(18-35)29-26(33)34-27(5,6)7)23(24(31)28-19(3)4)21-15-13-20(9-2)14-16-21/h13-16,19,22-23,35H,8-12,17-18H2,1-7H3,(H,28,31)(H,29,33). The number of carbonyl (C=O) groups excluding carboxylic acids is 3. The second kappa shape index (κ2) is 15.0. The molecule has 35 heavy (non-hydrogen) atoms. The highest BCUT2D eigenvalue weighted by Gasteiger charge is 2.35. The number of nitrogens with zero attached hydrogens (tertiary/aromatic N) is 1. The maximum atomic E-state index is 13.8. The van der Waals surface area contributed by atoms with E-state index in [2.05, 4.69) is 37.1 Å². The normalized spacial score (nSPS) is 13.2. The minimum absolute atomic E-state index is 0.0802. The number of aryl methyl sites for hydroxylation is 1. The van der Waals surface area contributed by atoms with Crippen LogP contribution in [0, 0.1) is 0 Å². The lowest BCUT2D eigenvalue weighted by Gasteiger charge is -2.34. The first-order valence-corrected chi connectivity index (χ1v) is 13.4. The average Bonchev–Trinajstić information content (AvgIpc) is 2.77. The summed E-state index contributed by atoms with van der Waals surface area (Å²) >= 11 is 4.33. The van der Waals surface area contributed by atoms with Crippen LogP contribution in [0.3, 0.4) is 0 Å². The second-order valence-corrected chi connectivity index (χ2v) is 10.5. The zero-order chi connectivity index (χ0) is 26.6. The Morgan fingerprint density at radius 1 is 1.00 bits per heavy atom. The fraction of sp³-hybridized carbons (Fsp3) is 0.667. The number of nitrogens with one attached hydrogen (secondary N) is 2. The van der Waals surface area contributed by atoms with Crippen LogP contribution in [-0.2, 0) is 20.7 Å². The first-order chi connectivity index (χ1) is 16.4. The zero-order valence-corrected chi connectivity index (χ0v) is 23.4. The number of amides is 3. The predicted molar refractivity (Wildman–Crippen MR) is 145 cm³/mol. The molecule has 1 rings (SSSR count). The SMILES string of the molecule is CCCCCCN(C(=O)C(CS)NC(=O)OC(C)(C)C)C(C(=O)NC(C)C)c1ccc(CC)cc1. The van der Waals surface area contributed by atoms with Gasteiger partial charge in [0.05, 0.1) is 0 Å². The Labute approximate surface area is 217 Å². The quantitative estimate of drug-likeness (QED) is 0.258. The smallest absolute Gasteiger partial charge is 0.408 e. The molecular formula is C27H45N3O4S. The number of rotatable bonds is 13. The van der Waals surface area contributed by atoms with Gasteiger partial charge in [0.2, 0.25) is 11.8 Å². The number of benzene rings is 1. The number of ether oxygens (including phenoxy) is 1. The van der Waals surface area contributed by atoms with Crippen LogP contribution < -0.4 is 10.6 Å². The van der Waals surface area contributed by atoms with Crippen molar-refractivity contribution in [3.8, 4) is 0 Å². The highest BCUT2D eigenvalue weighted by atomic mass is 32.1. The van der Waals surface area contributed by atoms with Gasteiger partial charge < -0.3 is 20.3 Å². The van der Waals surface area contributed by atoms with Crippen LogP contribution in [0.1, 0.15) is 91.3 Å². The Hall–Kier alpha value is -2.22. The summed E-state index contributed by atoms with van der Waals surface area (Å²) in [6.07, 6.45) is 3.99. The van der Waals surface area contributed by atoms with Crippen LogP contribution in [0.5, 0.6) is 0 Å². The molecule has 198 valence electrons. The summed E-state index contributed by atoms with van der Waals surface area (Å²) in [6, 6.07) is 5.96. The molecule has 7 nitrogen and oxygen atoms in total. The van der Waals surface area contributed by atoms with Crippen LogP contribution in [-0.4, -0.2) is 52.8 Å². The van der Waals surface area contributed by atoms with Gasteiger partial charge in [-0.1, -0.05) is 57.4 Å². The highest BCUT2D eigenvalue weighted by molar-refractivity contribution is 7.80. The molecule has 1 aromatic carbocycles. The first kappa shape index (κ1) is 30.8. The van der Waals surface area contributed by atoms with E-state index in [1.807, 2.05) is 38.1 Å². The van der Waals surface area contributed by atoms with Crippen LogP contribution in [0.2, 0.25) is 0 Å². The molecule has 0 aliphatic carbocycles. The summed E-state index contributed by atoms with van der Waals surface area (Å²) in [4.78, 5) is 41.2. The number of thiol groups is 1. The van der Waals surface area contributed by atoms with Crippen molar-refractivity contribution in [3.63, 3.8) is 0 Å². The van der Waals surface area contributed by atoms with E-state index in [9.17, 15) is 14.4 Å². The van der Waals surface area contributed by atoms with Crippen molar-refractivity contribution in [1.82, 2.24) is 15.5 Å². The van der Waals surface area contributed by atoms with Crippen LogP contribution in [0.25, 0.3) is 0 Å². The molecule has 0 heterocycles. The Morgan fingerprint density at radius 2 is 1.63 bits per heavy atom. The van der Waals surface area contributed by atoms with Gasteiger partial charge in [0.1, 0.15) is 17.7 Å². The highest BCUT2D eigenvalue weighted by Crippen LogP contribution is 2.25. The topological polar surface area (TPSA) is 87.7 Å². The van der Waals surface area contributed by atoms with Crippen LogP contribution in [0.15, 0.2) is 24.3 Å². The van der Waals surface area contributed by atoms with Gasteiger partial charge >= 0.3 is 6.09 Å². The van der Waals surface area contributed by atoms with E-state index in [-0.39, 0.29) is 23.6 Å². The van der Waals surface area contributed by atoms with Gasteiger partial charge in [-0.2, -0.15) is 12.6 Å². The molecule has 0 radical (unpaired) electrons. The van der Waals surface area contributed by atoms with Gasteiger partial charge in [-0.05, 0) is 58.6 Å². The van der Waals surface area contributed by atoms with E-state index in [4.69, 9.17) is 4.74 Å². The number of unbranched alkanes of at least 4 members (excludes halogenated alkanes) is 3. The molecule has 0 saturated heterocycles. The molecule has 2 N–H and O–H groups in total. The maximum Gasteiger partial charge on any atom is 0.408 e. The third-order valence-corrected chi connectivity index (χ3v) is 5.77. The van der Waals surface area contributed by atoms with Gasteiger partial charge in [-0.25, -0.2) is 4.79 Å². The van der Waals surface area contributed by atoms with Crippen molar-refractivity contribution < 1.29 is 19.1 Å². The molecule has 0 fully saturated rings. The van der Waals surface area contributed by atoms with Gasteiger partial charge in [-0.15, -0.1) is 0 Å². The molecular weight excluding hydrogens is 462 g/mol. The molecule has 0 saturated carbocycles. The number of carbonyl (C=O) groups is 3. The Kier molecular flexibility index (Phi) is 13.2. The van der Waals surface area contributed by atoms with Crippen LogP contribution in [0.4, 0.5) is 4.79 Å². The molecule has 0 aromatic heterocycles. The third kappa shape index (κ3) is 10.9. The third-order valence-electron chi connectivity index (χ3n) is 5.40. The zero-order valence-electron chi connectivity index (χ0n) is 22.5. The molecule has 0 aliphatic heterocycles. The van der Waals surface area contributed by atoms with Crippen molar-refractivity contribution in [1.29, 1.82) is 0 Å².